The van der Waals surface area contributed by atoms with Crippen LogP contribution in [0.3, 0.4) is 0 Å². The van der Waals surface area contributed by atoms with Gasteiger partial charge in [-0.2, -0.15) is 34.8 Å². The highest BCUT2D eigenvalue weighted by molar-refractivity contribution is 7.79. The van der Waals surface area contributed by atoms with E-state index in [4.69, 9.17) is 22.3 Å². The van der Waals surface area contributed by atoms with Crippen molar-refractivity contribution in [1.82, 2.24) is 0 Å². The van der Waals surface area contributed by atoms with Gasteiger partial charge in [0.2, 0.25) is 0 Å². The third-order valence-electron chi connectivity index (χ3n) is 3.97. The van der Waals surface area contributed by atoms with Crippen LogP contribution in [0.15, 0.2) is 17.1 Å². The first-order chi connectivity index (χ1) is 13.3. The Morgan fingerprint density at radius 1 is 1.03 bits per heavy atom. The van der Waals surface area contributed by atoms with Gasteiger partial charge in [-0.25, -0.2) is 4.99 Å². The van der Waals surface area contributed by atoms with Crippen molar-refractivity contribution in [3.05, 3.63) is 28.8 Å². The molecule has 0 spiro atoms. The third kappa shape index (κ3) is 5.74. The Labute approximate surface area is 167 Å². The molecular formula is C15H18F6N2O6S. The topological polar surface area (TPSA) is 120 Å². The smallest absolute Gasteiger partial charge is 0.430 e. The number of aryl methyl sites for hydroxylation is 2. The van der Waals surface area contributed by atoms with Gasteiger partial charge >= 0.3 is 22.8 Å². The number of aliphatic imine (C=N–C) groups is 1. The summed E-state index contributed by atoms with van der Waals surface area (Å²) in [6.07, 6.45) is -11.8. The van der Waals surface area contributed by atoms with Gasteiger partial charge in [0, 0.05) is 18.3 Å². The summed E-state index contributed by atoms with van der Waals surface area (Å²) >= 11 is 0. The van der Waals surface area contributed by atoms with Crippen LogP contribution in [-0.2, 0) is 20.7 Å². The zero-order chi connectivity index (χ0) is 23.7. The van der Waals surface area contributed by atoms with Crippen molar-refractivity contribution < 1.29 is 53.7 Å². The first-order valence-corrected chi connectivity index (χ1v) is 9.28. The first-order valence-electron chi connectivity index (χ1n) is 7.89. The average Bonchev–Trinajstić information content (AvgIpc) is 3.06. The number of aliphatic hydroxyl groups is 1. The minimum Gasteiger partial charge on any atom is -0.463 e. The summed E-state index contributed by atoms with van der Waals surface area (Å²) in [5.74, 6) is 0. The van der Waals surface area contributed by atoms with E-state index < -0.39 is 33.9 Å². The summed E-state index contributed by atoms with van der Waals surface area (Å²) in [6, 6.07) is 2.05. The number of alkyl halides is 6. The standard InChI is InChI=1S/C15H16F6N2O2.H2O4S/c1-8-7-11(23(3)12-22-4-5-25-12)9(2)6-10(8)13(24,14(16,17)18)15(19,20)21;1-5(2,3)4/h6-7,24H,4-5H2,1-3H3;(H2,1,2,3,4). The third-order valence-corrected chi connectivity index (χ3v) is 3.97. The summed E-state index contributed by atoms with van der Waals surface area (Å²) in [5, 5.41) is 9.59. The number of hydrogen-bond donors (Lipinski definition) is 3. The van der Waals surface area contributed by atoms with Gasteiger partial charge in [-0.05, 0) is 31.0 Å². The van der Waals surface area contributed by atoms with Crippen LogP contribution in [0.25, 0.3) is 0 Å². The second-order valence-corrected chi connectivity index (χ2v) is 7.07. The molecular weight excluding hydrogens is 450 g/mol. The molecule has 0 radical (unpaired) electrons. The summed E-state index contributed by atoms with van der Waals surface area (Å²) in [6.45, 7) is 3.18. The van der Waals surface area contributed by atoms with Gasteiger partial charge in [-0.3, -0.25) is 14.0 Å². The molecule has 0 bridgehead atoms. The maximum absolute atomic E-state index is 13.1. The Balaban J connectivity index is 0.000000804. The molecule has 0 aliphatic carbocycles. The number of ether oxygens (including phenoxy) is 1. The van der Waals surface area contributed by atoms with E-state index in [0.29, 0.717) is 24.9 Å². The van der Waals surface area contributed by atoms with Crippen molar-refractivity contribution in [2.45, 2.75) is 31.8 Å². The zero-order valence-electron chi connectivity index (χ0n) is 15.7. The number of benzene rings is 1. The Kier molecular flexibility index (Phi) is 7.40. The molecule has 1 aromatic carbocycles. The second kappa shape index (κ2) is 8.56. The number of amidine groups is 1. The van der Waals surface area contributed by atoms with Crippen molar-refractivity contribution in [2.75, 3.05) is 25.1 Å². The fourth-order valence-electron chi connectivity index (χ4n) is 2.65. The Morgan fingerprint density at radius 2 is 1.50 bits per heavy atom. The lowest BCUT2D eigenvalue weighted by Gasteiger charge is -2.34. The molecule has 0 saturated carbocycles. The molecule has 3 N–H and O–H groups in total. The Hall–Kier alpha value is -2.10. The van der Waals surface area contributed by atoms with Crippen LogP contribution >= 0.6 is 0 Å². The van der Waals surface area contributed by atoms with E-state index in [1.165, 1.54) is 18.9 Å². The highest BCUT2D eigenvalue weighted by Gasteiger charge is 2.71. The lowest BCUT2D eigenvalue weighted by Crippen LogP contribution is -2.54. The lowest BCUT2D eigenvalue weighted by atomic mass is 9.87. The van der Waals surface area contributed by atoms with E-state index in [-0.39, 0.29) is 17.1 Å². The maximum atomic E-state index is 13.1. The molecule has 8 nitrogen and oxygen atoms in total. The first kappa shape index (κ1) is 25.9. The largest absolute Gasteiger partial charge is 0.463 e. The van der Waals surface area contributed by atoms with E-state index in [9.17, 15) is 31.4 Å². The van der Waals surface area contributed by atoms with Crippen LogP contribution in [0.5, 0.6) is 0 Å². The van der Waals surface area contributed by atoms with Gasteiger partial charge in [0.1, 0.15) is 6.61 Å². The van der Waals surface area contributed by atoms with Crippen molar-refractivity contribution in [3.63, 3.8) is 0 Å². The van der Waals surface area contributed by atoms with Gasteiger partial charge in [0.15, 0.2) is 0 Å². The van der Waals surface area contributed by atoms with Crippen molar-refractivity contribution in [1.29, 1.82) is 0 Å². The van der Waals surface area contributed by atoms with E-state index >= 15 is 0 Å². The number of anilines is 1. The van der Waals surface area contributed by atoms with Crippen molar-refractivity contribution in [3.8, 4) is 0 Å². The maximum Gasteiger partial charge on any atom is 0.430 e. The Bertz CT molecular complexity index is 891. The molecule has 1 aliphatic rings. The monoisotopic (exact) mass is 468 g/mol. The molecule has 15 heteroatoms. The number of hydrogen-bond acceptors (Lipinski definition) is 6. The normalized spacial score (nSPS) is 15.1. The molecule has 0 unspecified atom stereocenters. The fourth-order valence-corrected chi connectivity index (χ4v) is 2.65. The van der Waals surface area contributed by atoms with Crippen molar-refractivity contribution in [2.24, 2.45) is 4.99 Å². The fraction of sp³-hybridized carbons (Fsp3) is 0.533. The highest BCUT2D eigenvalue weighted by atomic mass is 32.3. The predicted octanol–water partition coefficient (Wildman–Crippen LogP) is 2.79. The van der Waals surface area contributed by atoms with Gasteiger partial charge < -0.3 is 9.84 Å². The van der Waals surface area contributed by atoms with E-state index in [2.05, 4.69) is 4.99 Å². The van der Waals surface area contributed by atoms with Crippen molar-refractivity contribution >= 4 is 22.1 Å². The molecule has 0 aromatic heterocycles. The Morgan fingerprint density at radius 3 is 1.87 bits per heavy atom. The summed E-state index contributed by atoms with van der Waals surface area (Å²) in [4.78, 5) is 5.47. The van der Waals surface area contributed by atoms with Crippen LogP contribution in [0.4, 0.5) is 32.0 Å². The molecule has 172 valence electrons. The lowest BCUT2D eigenvalue weighted by molar-refractivity contribution is -0.376. The van der Waals surface area contributed by atoms with Crippen LogP contribution in [0, 0.1) is 13.8 Å². The van der Waals surface area contributed by atoms with Gasteiger partial charge in [0.05, 0.1) is 6.54 Å². The average molecular weight is 468 g/mol. The SMILES string of the molecule is Cc1cc(C(O)(C(F)(F)F)C(F)(F)F)c(C)cc1N(C)C1=NCCO1.O=S(=O)(O)O. The molecule has 2 rings (SSSR count). The summed E-state index contributed by atoms with van der Waals surface area (Å²) < 4.78 is 115. The molecule has 0 atom stereocenters. The number of halogens is 6. The van der Waals surface area contributed by atoms with E-state index in [1.54, 1.807) is 0 Å². The van der Waals surface area contributed by atoms with E-state index in [1.807, 2.05) is 0 Å². The summed E-state index contributed by atoms with van der Waals surface area (Å²) in [7, 11) is -3.13. The highest BCUT2D eigenvalue weighted by Crippen LogP contribution is 2.51. The quantitative estimate of drug-likeness (QED) is 0.451. The molecule has 0 amide bonds. The van der Waals surface area contributed by atoms with E-state index in [0.717, 1.165) is 13.0 Å². The van der Waals surface area contributed by atoms with Crippen LogP contribution in [0.2, 0.25) is 0 Å². The van der Waals surface area contributed by atoms with Crippen LogP contribution < -0.4 is 4.90 Å². The molecule has 0 saturated heterocycles. The molecule has 1 aliphatic heterocycles. The van der Waals surface area contributed by atoms with Crippen LogP contribution in [-0.4, -0.2) is 61.2 Å². The molecule has 30 heavy (non-hydrogen) atoms. The second-order valence-electron chi connectivity index (χ2n) is 6.18. The summed E-state index contributed by atoms with van der Waals surface area (Å²) in [5.41, 5.74) is -6.13. The predicted molar refractivity (Wildman–Crippen MR) is 92.8 cm³/mol. The van der Waals surface area contributed by atoms with Gasteiger partial charge in [0.25, 0.3) is 11.6 Å². The minimum atomic E-state index is -5.92. The molecule has 0 fully saturated rings. The number of rotatable bonds is 2. The van der Waals surface area contributed by atoms with Gasteiger partial charge in [-0.1, -0.05) is 6.07 Å². The zero-order valence-corrected chi connectivity index (χ0v) is 16.5. The molecule has 1 aromatic rings. The minimum absolute atomic E-state index is 0.105. The van der Waals surface area contributed by atoms with Gasteiger partial charge in [-0.15, -0.1) is 0 Å². The molecule has 1 heterocycles. The number of nitrogens with zero attached hydrogens (tertiary/aromatic N) is 2. The van der Waals surface area contributed by atoms with Crippen LogP contribution in [0.1, 0.15) is 16.7 Å².